The second-order valence-corrected chi connectivity index (χ2v) is 7.04. The van der Waals surface area contributed by atoms with Gasteiger partial charge in [0, 0.05) is 25.6 Å². The van der Waals surface area contributed by atoms with Gasteiger partial charge in [0.1, 0.15) is 0 Å². The smallest absolute Gasteiger partial charge is 0.216 e. The van der Waals surface area contributed by atoms with Crippen LogP contribution in [0.2, 0.25) is 0 Å². The normalized spacial score (nSPS) is 25.8. The summed E-state index contributed by atoms with van der Waals surface area (Å²) in [6.45, 7) is 3.25. The summed E-state index contributed by atoms with van der Waals surface area (Å²) in [4.78, 5) is 0. The maximum atomic E-state index is 11.8. The Bertz CT molecular complexity index is 301. The molecule has 4 nitrogen and oxygen atoms in total. The molecule has 0 aromatic rings. The van der Waals surface area contributed by atoms with E-state index in [1.165, 1.54) is 4.31 Å². The van der Waals surface area contributed by atoms with Crippen LogP contribution in [0.5, 0.6) is 0 Å². The molecule has 16 heavy (non-hydrogen) atoms. The van der Waals surface area contributed by atoms with Crippen LogP contribution in [0.1, 0.15) is 19.8 Å². The largest absolute Gasteiger partial charge is 0.381 e. The van der Waals surface area contributed by atoms with Crippen molar-refractivity contribution in [1.82, 2.24) is 4.31 Å². The van der Waals surface area contributed by atoms with Crippen LogP contribution in [-0.2, 0) is 14.8 Å². The van der Waals surface area contributed by atoms with E-state index >= 15 is 0 Å². The van der Waals surface area contributed by atoms with Crippen LogP contribution in [-0.4, -0.2) is 50.7 Å². The van der Waals surface area contributed by atoms with Crippen molar-refractivity contribution in [3.8, 4) is 0 Å². The van der Waals surface area contributed by atoms with Crippen LogP contribution in [0, 0.1) is 5.92 Å². The molecule has 6 heteroatoms. The average molecular weight is 270 g/mol. The summed E-state index contributed by atoms with van der Waals surface area (Å²) in [5.41, 5.74) is 0. The van der Waals surface area contributed by atoms with Gasteiger partial charge in [-0.2, -0.15) is 0 Å². The Morgan fingerprint density at radius 3 is 2.56 bits per heavy atom. The summed E-state index contributed by atoms with van der Waals surface area (Å²) in [5, 5.41) is 0.240. The first-order valence-electron chi connectivity index (χ1n) is 5.61. The number of sulfonamides is 1. The summed E-state index contributed by atoms with van der Waals surface area (Å²) in [6, 6.07) is 0. The molecule has 0 heterocycles. The van der Waals surface area contributed by atoms with E-state index in [4.69, 9.17) is 16.3 Å². The lowest BCUT2D eigenvalue weighted by Crippen LogP contribution is -2.39. The molecule has 0 spiro atoms. The fourth-order valence-corrected chi connectivity index (χ4v) is 3.33. The predicted octanol–water partition coefficient (Wildman–Crippen LogP) is 1.30. The van der Waals surface area contributed by atoms with Crippen molar-refractivity contribution in [3.05, 3.63) is 0 Å². The van der Waals surface area contributed by atoms with Crippen molar-refractivity contribution < 1.29 is 13.2 Å². The molecule has 96 valence electrons. The molecule has 0 bridgehead atoms. The molecule has 1 fully saturated rings. The number of hydrogen-bond acceptors (Lipinski definition) is 3. The fourth-order valence-electron chi connectivity index (χ4n) is 1.74. The third-order valence-electron chi connectivity index (χ3n) is 2.86. The van der Waals surface area contributed by atoms with Crippen molar-refractivity contribution in [2.24, 2.45) is 5.92 Å². The van der Waals surface area contributed by atoms with Gasteiger partial charge in [-0.15, -0.1) is 11.6 Å². The summed E-state index contributed by atoms with van der Waals surface area (Å²) in [5.74, 6) is 0.489. The molecular weight excluding hydrogens is 250 g/mol. The Hall–Kier alpha value is 0.160. The zero-order chi connectivity index (χ0) is 12.2. The van der Waals surface area contributed by atoms with Gasteiger partial charge < -0.3 is 4.74 Å². The van der Waals surface area contributed by atoms with Crippen LogP contribution >= 0.6 is 11.6 Å². The first-order valence-corrected chi connectivity index (χ1v) is 7.66. The van der Waals surface area contributed by atoms with Crippen LogP contribution in [0.25, 0.3) is 0 Å². The first-order chi connectivity index (χ1) is 7.45. The lowest BCUT2D eigenvalue weighted by molar-refractivity contribution is 0.162. The number of ether oxygens (including phenoxy) is 1. The van der Waals surface area contributed by atoms with Crippen LogP contribution in [0.3, 0.4) is 0 Å². The highest BCUT2D eigenvalue weighted by molar-refractivity contribution is 7.89. The Labute approximate surface area is 103 Å². The predicted molar refractivity (Wildman–Crippen MR) is 65.3 cm³/mol. The minimum atomic E-state index is -3.16. The Balaban J connectivity index is 2.30. The topological polar surface area (TPSA) is 46.6 Å². The SMILES string of the molecule is CCOCCS(=O)(=O)N(C)CC1CC(Cl)C1. The van der Waals surface area contributed by atoms with Crippen LogP contribution in [0.15, 0.2) is 0 Å². The summed E-state index contributed by atoms with van der Waals surface area (Å²) in [6.07, 6.45) is 1.85. The molecule has 0 aromatic carbocycles. The van der Waals surface area contributed by atoms with Gasteiger partial charge in [0.05, 0.1) is 12.4 Å². The Kier molecular flexibility index (Phi) is 5.50. The molecule has 0 N–H and O–H groups in total. The number of nitrogens with zero attached hydrogens (tertiary/aromatic N) is 1. The Morgan fingerprint density at radius 2 is 2.06 bits per heavy atom. The molecule has 0 atom stereocenters. The summed E-state index contributed by atoms with van der Waals surface area (Å²) < 4.78 is 30.0. The van der Waals surface area contributed by atoms with E-state index < -0.39 is 10.0 Å². The van der Waals surface area contributed by atoms with Gasteiger partial charge in [0.15, 0.2) is 0 Å². The molecule has 0 amide bonds. The van der Waals surface area contributed by atoms with Gasteiger partial charge in [-0.05, 0) is 25.7 Å². The molecule has 1 rings (SSSR count). The van der Waals surface area contributed by atoms with Gasteiger partial charge in [-0.25, -0.2) is 12.7 Å². The maximum absolute atomic E-state index is 11.8. The van der Waals surface area contributed by atoms with Gasteiger partial charge in [0.2, 0.25) is 10.0 Å². The van der Waals surface area contributed by atoms with Gasteiger partial charge in [-0.1, -0.05) is 0 Å². The molecule has 1 aliphatic carbocycles. The van der Waals surface area contributed by atoms with Gasteiger partial charge in [0.25, 0.3) is 0 Å². The second-order valence-electron chi connectivity index (χ2n) is 4.23. The lowest BCUT2D eigenvalue weighted by atomic mass is 9.85. The van der Waals surface area contributed by atoms with Crippen molar-refractivity contribution in [1.29, 1.82) is 0 Å². The molecule has 0 aliphatic heterocycles. The van der Waals surface area contributed by atoms with E-state index in [0.717, 1.165) is 12.8 Å². The molecule has 0 saturated heterocycles. The van der Waals surface area contributed by atoms with Crippen molar-refractivity contribution in [3.63, 3.8) is 0 Å². The standard InChI is InChI=1S/C10H20ClNO3S/c1-3-15-4-5-16(13,14)12(2)8-9-6-10(11)7-9/h9-10H,3-8H2,1-2H3. The monoisotopic (exact) mass is 269 g/mol. The number of halogens is 1. The third kappa shape index (κ3) is 4.20. The minimum absolute atomic E-state index is 0.0639. The number of rotatable bonds is 7. The minimum Gasteiger partial charge on any atom is -0.381 e. The fraction of sp³-hybridized carbons (Fsp3) is 1.00. The molecule has 1 aliphatic rings. The summed E-state index contributed by atoms with van der Waals surface area (Å²) >= 11 is 5.86. The van der Waals surface area contributed by atoms with E-state index in [1.54, 1.807) is 7.05 Å². The molecule has 0 radical (unpaired) electrons. The number of alkyl halides is 1. The van der Waals surface area contributed by atoms with Gasteiger partial charge in [-0.3, -0.25) is 0 Å². The zero-order valence-electron chi connectivity index (χ0n) is 9.86. The average Bonchev–Trinajstić information content (AvgIpc) is 2.15. The van der Waals surface area contributed by atoms with E-state index in [9.17, 15) is 8.42 Å². The zero-order valence-corrected chi connectivity index (χ0v) is 11.4. The molecule has 0 aromatic heterocycles. The van der Waals surface area contributed by atoms with E-state index in [-0.39, 0.29) is 17.7 Å². The second kappa shape index (κ2) is 6.19. The quantitative estimate of drug-likeness (QED) is 0.517. The molecule has 1 saturated carbocycles. The van der Waals surface area contributed by atoms with Gasteiger partial charge >= 0.3 is 0 Å². The van der Waals surface area contributed by atoms with E-state index in [1.807, 2.05) is 6.92 Å². The van der Waals surface area contributed by atoms with E-state index in [0.29, 0.717) is 19.1 Å². The lowest BCUT2D eigenvalue weighted by Gasteiger charge is -2.33. The number of hydrogen-bond donors (Lipinski definition) is 0. The third-order valence-corrected chi connectivity index (χ3v) is 5.00. The molecule has 0 unspecified atom stereocenters. The highest BCUT2D eigenvalue weighted by Crippen LogP contribution is 2.32. The highest BCUT2D eigenvalue weighted by Gasteiger charge is 2.30. The van der Waals surface area contributed by atoms with E-state index in [2.05, 4.69) is 0 Å². The van der Waals surface area contributed by atoms with Crippen molar-refractivity contribution in [2.45, 2.75) is 25.1 Å². The van der Waals surface area contributed by atoms with Crippen molar-refractivity contribution in [2.75, 3.05) is 32.6 Å². The summed E-state index contributed by atoms with van der Waals surface area (Å²) in [7, 11) is -1.53. The van der Waals surface area contributed by atoms with Crippen LogP contribution < -0.4 is 0 Å². The highest BCUT2D eigenvalue weighted by atomic mass is 35.5. The first kappa shape index (κ1) is 14.2. The maximum Gasteiger partial charge on any atom is 0.216 e. The molecular formula is C10H20ClNO3S. The Morgan fingerprint density at radius 1 is 1.44 bits per heavy atom. The van der Waals surface area contributed by atoms with Crippen molar-refractivity contribution >= 4 is 21.6 Å². The van der Waals surface area contributed by atoms with Crippen LogP contribution in [0.4, 0.5) is 0 Å².